The highest BCUT2D eigenvalue weighted by molar-refractivity contribution is 5.13. The Hall–Kier alpha value is -1.16. The first kappa shape index (κ1) is 14.9. The zero-order chi connectivity index (χ0) is 13.4. The van der Waals surface area contributed by atoms with E-state index in [2.05, 4.69) is 0 Å². The van der Waals surface area contributed by atoms with E-state index < -0.39 is 6.10 Å². The van der Waals surface area contributed by atoms with Gasteiger partial charge in [0.15, 0.2) is 0 Å². The van der Waals surface area contributed by atoms with E-state index in [0.29, 0.717) is 13.2 Å². The van der Waals surface area contributed by atoms with Crippen LogP contribution in [0.4, 0.5) is 0 Å². The van der Waals surface area contributed by atoms with Gasteiger partial charge in [0.05, 0.1) is 25.9 Å². The molecule has 0 amide bonds. The zero-order valence-corrected chi connectivity index (χ0v) is 11.0. The molecule has 1 aromatic carbocycles. The average molecular weight is 250 g/mol. The molecule has 0 aromatic heterocycles. The van der Waals surface area contributed by atoms with E-state index in [0.717, 1.165) is 5.56 Å². The van der Waals surface area contributed by atoms with Crippen LogP contribution in [0, 0.1) is 5.41 Å². The van der Waals surface area contributed by atoms with Gasteiger partial charge in [-0.25, -0.2) is 0 Å². The summed E-state index contributed by atoms with van der Waals surface area (Å²) in [5.41, 5.74) is 0.745. The van der Waals surface area contributed by atoms with Crippen LogP contribution in [0.1, 0.15) is 19.4 Å². The summed E-state index contributed by atoms with van der Waals surface area (Å²) in [4.78, 5) is 0. The van der Waals surface area contributed by atoms with Crippen molar-refractivity contribution in [1.29, 1.82) is 0 Å². The van der Waals surface area contributed by atoms with Crippen molar-refractivity contribution in [2.45, 2.75) is 26.6 Å². The van der Waals surface area contributed by atoms with E-state index in [1.807, 2.05) is 44.2 Å². The molecule has 3 heteroatoms. The summed E-state index contributed by atoms with van der Waals surface area (Å²) in [5.74, 6) is 0. The number of hydrogen-bond acceptors (Lipinski definition) is 3. The van der Waals surface area contributed by atoms with Crippen LogP contribution in [0.15, 0.2) is 42.5 Å². The van der Waals surface area contributed by atoms with Gasteiger partial charge in [-0.3, -0.25) is 0 Å². The van der Waals surface area contributed by atoms with Crippen molar-refractivity contribution >= 4 is 0 Å². The van der Waals surface area contributed by atoms with Gasteiger partial charge >= 0.3 is 0 Å². The van der Waals surface area contributed by atoms with Gasteiger partial charge in [-0.05, 0) is 5.56 Å². The highest BCUT2D eigenvalue weighted by Gasteiger charge is 2.26. The minimum atomic E-state index is -0.625. The molecular formula is C15H22O3. The van der Waals surface area contributed by atoms with Crippen molar-refractivity contribution in [2.75, 3.05) is 13.2 Å². The molecule has 0 radical (unpaired) electrons. The minimum Gasteiger partial charge on any atom is -0.392 e. The summed E-state index contributed by atoms with van der Waals surface area (Å²) < 4.78 is 5.63. The Kier molecular flexibility index (Phi) is 6.05. The van der Waals surface area contributed by atoms with Crippen LogP contribution < -0.4 is 0 Å². The molecule has 100 valence electrons. The maximum absolute atomic E-state index is 9.93. The van der Waals surface area contributed by atoms with Crippen molar-refractivity contribution < 1.29 is 14.9 Å². The topological polar surface area (TPSA) is 49.7 Å². The van der Waals surface area contributed by atoms with Gasteiger partial charge in [0, 0.05) is 5.41 Å². The van der Waals surface area contributed by atoms with Crippen LogP contribution in [0.25, 0.3) is 0 Å². The normalized spacial score (nSPS) is 14.0. The number of benzene rings is 1. The summed E-state index contributed by atoms with van der Waals surface area (Å²) in [5, 5.41) is 18.6. The monoisotopic (exact) mass is 250 g/mol. The summed E-state index contributed by atoms with van der Waals surface area (Å²) in [6, 6.07) is 9.94. The molecule has 1 atom stereocenters. The number of aliphatic hydroxyl groups excluding tert-OH is 2. The molecule has 18 heavy (non-hydrogen) atoms. The third kappa shape index (κ3) is 5.00. The smallest absolute Gasteiger partial charge is 0.0794 e. The number of hydrogen-bond donors (Lipinski definition) is 2. The van der Waals surface area contributed by atoms with Gasteiger partial charge in [0.25, 0.3) is 0 Å². The number of aliphatic hydroxyl groups is 2. The molecule has 0 saturated heterocycles. The SMILES string of the molecule is CC(C)(COCc1ccccc1)[C@@H](O)/C=C\CO. The van der Waals surface area contributed by atoms with Crippen molar-refractivity contribution in [3.63, 3.8) is 0 Å². The maximum Gasteiger partial charge on any atom is 0.0794 e. The maximum atomic E-state index is 9.93. The lowest BCUT2D eigenvalue weighted by Gasteiger charge is -2.28. The largest absolute Gasteiger partial charge is 0.392 e. The molecule has 1 aromatic rings. The van der Waals surface area contributed by atoms with E-state index >= 15 is 0 Å². The summed E-state index contributed by atoms with van der Waals surface area (Å²) in [7, 11) is 0. The summed E-state index contributed by atoms with van der Waals surface area (Å²) in [6.45, 7) is 4.81. The Morgan fingerprint density at radius 1 is 1.28 bits per heavy atom. The van der Waals surface area contributed by atoms with Crippen molar-refractivity contribution in [3.05, 3.63) is 48.0 Å². The Morgan fingerprint density at radius 2 is 1.94 bits per heavy atom. The molecule has 0 heterocycles. The zero-order valence-electron chi connectivity index (χ0n) is 11.0. The van der Waals surface area contributed by atoms with Crippen LogP contribution in [-0.2, 0) is 11.3 Å². The third-order valence-corrected chi connectivity index (χ3v) is 2.81. The molecule has 0 fully saturated rings. The molecule has 0 aliphatic rings. The second-order valence-corrected chi connectivity index (χ2v) is 5.02. The average Bonchev–Trinajstić information content (AvgIpc) is 2.37. The van der Waals surface area contributed by atoms with Gasteiger partial charge < -0.3 is 14.9 Å². The molecule has 3 nitrogen and oxygen atoms in total. The molecule has 0 aliphatic carbocycles. The van der Waals surface area contributed by atoms with Crippen LogP contribution in [0.5, 0.6) is 0 Å². The Labute approximate surface area is 109 Å². The lowest BCUT2D eigenvalue weighted by molar-refractivity contribution is -0.00883. The first-order chi connectivity index (χ1) is 8.56. The lowest BCUT2D eigenvalue weighted by Crippen LogP contribution is -2.32. The van der Waals surface area contributed by atoms with E-state index in [1.54, 1.807) is 12.2 Å². The minimum absolute atomic E-state index is 0.0575. The van der Waals surface area contributed by atoms with Gasteiger partial charge in [-0.1, -0.05) is 56.3 Å². The third-order valence-electron chi connectivity index (χ3n) is 2.81. The Balaban J connectivity index is 2.39. The van der Waals surface area contributed by atoms with Crippen molar-refractivity contribution in [1.82, 2.24) is 0 Å². The van der Waals surface area contributed by atoms with Gasteiger partial charge in [-0.2, -0.15) is 0 Å². The highest BCUT2D eigenvalue weighted by Crippen LogP contribution is 2.22. The summed E-state index contributed by atoms with van der Waals surface area (Å²) in [6.07, 6.45) is 2.52. The van der Waals surface area contributed by atoms with Crippen LogP contribution in [0.2, 0.25) is 0 Å². The first-order valence-corrected chi connectivity index (χ1v) is 6.13. The van der Waals surface area contributed by atoms with Crippen LogP contribution in [-0.4, -0.2) is 29.5 Å². The highest BCUT2D eigenvalue weighted by atomic mass is 16.5. The molecule has 0 spiro atoms. The van der Waals surface area contributed by atoms with E-state index in [1.165, 1.54) is 0 Å². The molecule has 0 saturated carbocycles. The predicted molar refractivity (Wildman–Crippen MR) is 72.1 cm³/mol. The van der Waals surface area contributed by atoms with Crippen molar-refractivity contribution in [3.8, 4) is 0 Å². The van der Waals surface area contributed by atoms with E-state index in [-0.39, 0.29) is 12.0 Å². The number of ether oxygens (including phenoxy) is 1. The Bertz CT molecular complexity index is 357. The van der Waals surface area contributed by atoms with Gasteiger partial charge in [0.2, 0.25) is 0 Å². The van der Waals surface area contributed by atoms with Crippen molar-refractivity contribution in [2.24, 2.45) is 5.41 Å². The molecule has 2 N–H and O–H groups in total. The predicted octanol–water partition coefficient (Wildman–Crippen LogP) is 2.14. The van der Waals surface area contributed by atoms with Crippen LogP contribution in [0.3, 0.4) is 0 Å². The molecule has 1 rings (SSSR count). The second kappa shape index (κ2) is 7.31. The fourth-order valence-electron chi connectivity index (χ4n) is 1.54. The molecule has 0 aliphatic heterocycles. The van der Waals surface area contributed by atoms with E-state index in [4.69, 9.17) is 9.84 Å². The molecule has 0 bridgehead atoms. The quantitative estimate of drug-likeness (QED) is 0.729. The van der Waals surface area contributed by atoms with Gasteiger partial charge in [-0.15, -0.1) is 0 Å². The second-order valence-electron chi connectivity index (χ2n) is 5.02. The van der Waals surface area contributed by atoms with Crippen LogP contribution >= 0.6 is 0 Å². The standard InChI is InChI=1S/C15H22O3/c1-15(2,14(17)9-6-10-16)12-18-11-13-7-4-3-5-8-13/h3-9,14,16-17H,10-12H2,1-2H3/b9-6-/t14-/m0/s1. The van der Waals surface area contributed by atoms with E-state index in [9.17, 15) is 5.11 Å². The Morgan fingerprint density at radius 3 is 2.56 bits per heavy atom. The summed E-state index contributed by atoms with van der Waals surface area (Å²) >= 11 is 0. The number of rotatable bonds is 7. The lowest BCUT2D eigenvalue weighted by atomic mass is 9.87. The fraction of sp³-hybridized carbons (Fsp3) is 0.467. The molecule has 0 unspecified atom stereocenters. The van der Waals surface area contributed by atoms with Gasteiger partial charge in [0.1, 0.15) is 0 Å². The fourth-order valence-corrected chi connectivity index (χ4v) is 1.54. The first-order valence-electron chi connectivity index (χ1n) is 6.13. The molecular weight excluding hydrogens is 228 g/mol.